The molecule has 158 valence electrons. The molecule has 3 rings (SSSR count). The maximum absolute atomic E-state index is 12.7. The Bertz CT molecular complexity index is 913. The van der Waals surface area contributed by atoms with Gasteiger partial charge in [-0.05, 0) is 61.0 Å². The summed E-state index contributed by atoms with van der Waals surface area (Å²) < 4.78 is 17.0. The fourth-order valence-corrected chi connectivity index (χ4v) is 3.69. The van der Waals surface area contributed by atoms with Gasteiger partial charge in [-0.1, -0.05) is 31.2 Å². The van der Waals surface area contributed by atoms with Gasteiger partial charge in [0.05, 0.1) is 24.7 Å². The quantitative estimate of drug-likeness (QED) is 0.498. The molecule has 6 nitrogen and oxygen atoms in total. The minimum absolute atomic E-state index is 0.199. The van der Waals surface area contributed by atoms with Crippen LogP contribution in [0.1, 0.15) is 25.8 Å². The van der Waals surface area contributed by atoms with E-state index in [-0.39, 0.29) is 24.3 Å². The van der Waals surface area contributed by atoms with Crippen molar-refractivity contribution in [2.45, 2.75) is 20.3 Å². The molecule has 0 aromatic heterocycles. The average Bonchev–Trinajstić information content (AvgIpc) is 3.01. The number of hydrogen-bond donors (Lipinski definition) is 0. The van der Waals surface area contributed by atoms with E-state index in [9.17, 15) is 9.59 Å². The molecular formula is C23H25NO5S. The van der Waals surface area contributed by atoms with Gasteiger partial charge in [0.2, 0.25) is 0 Å². The molecule has 2 aromatic carbocycles. The molecule has 0 atom stereocenters. The highest BCUT2D eigenvalue weighted by Gasteiger charge is 2.34. The van der Waals surface area contributed by atoms with Gasteiger partial charge in [-0.2, -0.15) is 0 Å². The number of benzene rings is 2. The van der Waals surface area contributed by atoms with E-state index in [1.54, 1.807) is 6.08 Å². The first kappa shape index (κ1) is 21.8. The Balaban J connectivity index is 1.67. The second-order valence-electron chi connectivity index (χ2n) is 6.48. The van der Waals surface area contributed by atoms with Gasteiger partial charge in [0.15, 0.2) is 11.5 Å². The van der Waals surface area contributed by atoms with Gasteiger partial charge in [0.1, 0.15) is 12.4 Å². The lowest BCUT2D eigenvalue weighted by atomic mass is 10.2. The van der Waals surface area contributed by atoms with Crippen molar-refractivity contribution >= 4 is 29.0 Å². The molecule has 2 amide bonds. The molecule has 1 aliphatic rings. The van der Waals surface area contributed by atoms with Crippen LogP contribution < -0.4 is 14.2 Å². The molecule has 7 heteroatoms. The van der Waals surface area contributed by atoms with Gasteiger partial charge in [0.25, 0.3) is 11.1 Å². The predicted molar refractivity (Wildman–Crippen MR) is 118 cm³/mol. The van der Waals surface area contributed by atoms with Gasteiger partial charge < -0.3 is 14.2 Å². The Morgan fingerprint density at radius 3 is 2.47 bits per heavy atom. The first-order chi connectivity index (χ1) is 14.6. The van der Waals surface area contributed by atoms with Gasteiger partial charge in [0, 0.05) is 0 Å². The Labute approximate surface area is 180 Å². The van der Waals surface area contributed by atoms with E-state index in [0.29, 0.717) is 35.4 Å². The summed E-state index contributed by atoms with van der Waals surface area (Å²) in [7, 11) is 0. The number of rotatable bonds is 10. The highest BCUT2D eigenvalue weighted by Crippen LogP contribution is 2.34. The normalized spacial score (nSPS) is 15.0. The topological polar surface area (TPSA) is 65.1 Å². The van der Waals surface area contributed by atoms with Crippen molar-refractivity contribution in [3.8, 4) is 17.2 Å². The lowest BCUT2D eigenvalue weighted by Gasteiger charge is -2.13. The van der Waals surface area contributed by atoms with Gasteiger partial charge >= 0.3 is 0 Å². The summed E-state index contributed by atoms with van der Waals surface area (Å²) in [6.07, 6.45) is 2.60. The highest BCUT2D eigenvalue weighted by atomic mass is 32.2. The van der Waals surface area contributed by atoms with Gasteiger partial charge in [-0.25, -0.2) is 0 Å². The van der Waals surface area contributed by atoms with E-state index < -0.39 is 0 Å². The number of nitrogens with zero attached hydrogens (tertiary/aromatic N) is 1. The molecule has 0 spiro atoms. The molecule has 2 aromatic rings. The smallest absolute Gasteiger partial charge is 0.293 e. The van der Waals surface area contributed by atoms with Crippen molar-refractivity contribution in [3.63, 3.8) is 0 Å². The highest BCUT2D eigenvalue weighted by molar-refractivity contribution is 8.18. The van der Waals surface area contributed by atoms with Crippen LogP contribution in [0.15, 0.2) is 53.4 Å². The minimum atomic E-state index is -0.314. The number of carbonyl (C=O) groups is 2. The Morgan fingerprint density at radius 1 is 0.933 bits per heavy atom. The predicted octanol–water partition coefficient (Wildman–Crippen LogP) is 4.99. The van der Waals surface area contributed by atoms with Crippen LogP contribution in [0.25, 0.3) is 6.08 Å². The summed E-state index contributed by atoms with van der Waals surface area (Å²) in [4.78, 5) is 26.6. The van der Waals surface area contributed by atoms with E-state index in [4.69, 9.17) is 14.2 Å². The molecule has 0 bridgehead atoms. The van der Waals surface area contributed by atoms with Crippen molar-refractivity contribution in [3.05, 3.63) is 59.0 Å². The maximum Gasteiger partial charge on any atom is 0.293 e. The molecule has 0 unspecified atom stereocenters. The molecular weight excluding hydrogens is 402 g/mol. The standard InChI is InChI=1S/C23H25NO5S/c1-3-13-29-19-11-10-17(15-20(19)27-4-2)16-21-22(25)24(23(26)30-21)12-14-28-18-8-6-5-7-9-18/h5-11,15-16H,3-4,12-14H2,1-2H3/b21-16-. The van der Waals surface area contributed by atoms with Gasteiger partial charge in [-0.3, -0.25) is 14.5 Å². The fraction of sp³-hybridized carbons (Fsp3) is 0.304. The monoisotopic (exact) mass is 427 g/mol. The zero-order valence-corrected chi connectivity index (χ0v) is 17.9. The van der Waals surface area contributed by atoms with Crippen LogP contribution in [0.2, 0.25) is 0 Å². The number of para-hydroxylation sites is 1. The first-order valence-electron chi connectivity index (χ1n) is 9.95. The van der Waals surface area contributed by atoms with E-state index in [1.165, 1.54) is 4.90 Å². The minimum Gasteiger partial charge on any atom is -0.492 e. The summed E-state index contributed by atoms with van der Waals surface area (Å²) in [5.74, 6) is 1.68. The summed E-state index contributed by atoms with van der Waals surface area (Å²) in [5, 5.41) is -0.296. The maximum atomic E-state index is 12.7. The number of imide groups is 1. The van der Waals surface area contributed by atoms with Crippen molar-refractivity contribution in [2.24, 2.45) is 0 Å². The molecule has 0 aliphatic carbocycles. The lowest BCUT2D eigenvalue weighted by molar-refractivity contribution is -0.123. The van der Waals surface area contributed by atoms with Crippen LogP contribution in [0, 0.1) is 0 Å². The molecule has 0 N–H and O–H groups in total. The summed E-state index contributed by atoms with van der Waals surface area (Å²) in [6, 6.07) is 14.8. The zero-order chi connectivity index (χ0) is 21.3. The largest absolute Gasteiger partial charge is 0.492 e. The Kier molecular flexibility index (Phi) is 7.79. The molecule has 1 saturated heterocycles. The Hall–Kier alpha value is -2.93. The fourth-order valence-electron chi connectivity index (χ4n) is 2.83. The number of ether oxygens (including phenoxy) is 3. The summed E-state index contributed by atoms with van der Waals surface area (Å²) in [6.45, 7) is 5.49. The van der Waals surface area contributed by atoms with Crippen LogP contribution in [0.4, 0.5) is 4.79 Å². The molecule has 0 radical (unpaired) electrons. The molecule has 30 heavy (non-hydrogen) atoms. The van der Waals surface area contributed by atoms with Crippen LogP contribution in [0.5, 0.6) is 17.2 Å². The third-order valence-corrected chi connectivity index (χ3v) is 5.13. The summed E-state index contributed by atoms with van der Waals surface area (Å²) in [5.41, 5.74) is 0.772. The van der Waals surface area contributed by atoms with Crippen molar-refractivity contribution in [1.82, 2.24) is 4.90 Å². The number of amides is 2. The van der Waals surface area contributed by atoms with Crippen LogP contribution in [-0.4, -0.2) is 42.4 Å². The number of hydrogen-bond acceptors (Lipinski definition) is 6. The van der Waals surface area contributed by atoms with Gasteiger partial charge in [-0.15, -0.1) is 0 Å². The lowest BCUT2D eigenvalue weighted by Crippen LogP contribution is -2.32. The summed E-state index contributed by atoms with van der Waals surface area (Å²) >= 11 is 0.931. The van der Waals surface area contributed by atoms with E-state index >= 15 is 0 Å². The third kappa shape index (κ3) is 5.57. The van der Waals surface area contributed by atoms with E-state index in [1.807, 2.05) is 62.4 Å². The molecule has 1 heterocycles. The van der Waals surface area contributed by atoms with Crippen molar-refractivity contribution in [1.29, 1.82) is 0 Å². The Morgan fingerprint density at radius 2 is 1.73 bits per heavy atom. The van der Waals surface area contributed by atoms with Crippen LogP contribution in [0.3, 0.4) is 0 Å². The van der Waals surface area contributed by atoms with Crippen molar-refractivity contribution in [2.75, 3.05) is 26.4 Å². The SMILES string of the molecule is CCCOc1ccc(/C=C2\SC(=O)N(CCOc3ccccc3)C2=O)cc1OCC. The molecule has 0 saturated carbocycles. The van der Waals surface area contributed by atoms with Crippen molar-refractivity contribution < 1.29 is 23.8 Å². The number of carbonyl (C=O) groups excluding carboxylic acids is 2. The second kappa shape index (κ2) is 10.7. The van der Waals surface area contributed by atoms with Crippen LogP contribution >= 0.6 is 11.8 Å². The number of thioether (sulfide) groups is 1. The van der Waals surface area contributed by atoms with E-state index in [2.05, 4.69) is 0 Å². The van der Waals surface area contributed by atoms with Crippen LogP contribution in [-0.2, 0) is 4.79 Å². The second-order valence-corrected chi connectivity index (χ2v) is 7.48. The van der Waals surface area contributed by atoms with E-state index in [0.717, 1.165) is 23.7 Å². The molecule has 1 aliphatic heterocycles. The third-order valence-electron chi connectivity index (χ3n) is 4.23. The molecule has 1 fully saturated rings. The average molecular weight is 428 g/mol. The zero-order valence-electron chi connectivity index (χ0n) is 17.1. The first-order valence-corrected chi connectivity index (χ1v) is 10.8.